The van der Waals surface area contributed by atoms with E-state index in [1.807, 2.05) is 6.08 Å². The number of ether oxygens (including phenoxy) is 1. The second-order valence-electron chi connectivity index (χ2n) is 7.28. The van der Waals surface area contributed by atoms with E-state index in [1.54, 1.807) is 7.11 Å². The molecule has 0 spiro atoms. The van der Waals surface area contributed by atoms with E-state index in [2.05, 4.69) is 76.3 Å². The molecule has 0 unspecified atom stereocenters. The predicted molar refractivity (Wildman–Crippen MR) is 99.8 cm³/mol. The molecule has 0 rings (SSSR count). The lowest BCUT2D eigenvalue weighted by molar-refractivity contribution is 0.00601. The van der Waals surface area contributed by atoms with Crippen LogP contribution in [0.4, 0.5) is 0 Å². The minimum atomic E-state index is -1.86. The lowest BCUT2D eigenvalue weighted by Gasteiger charge is -2.42. The van der Waals surface area contributed by atoms with Gasteiger partial charge in [-0.2, -0.15) is 0 Å². The SMILES string of the molecule is C=C[C@H](OC)[C@@H](O[Si](C)(C)C(C)(C)C)[C@H](C)/C=C(\C)CBr. The van der Waals surface area contributed by atoms with Crippen LogP contribution in [0.25, 0.3) is 0 Å². The summed E-state index contributed by atoms with van der Waals surface area (Å²) in [5, 5.41) is 1.06. The molecule has 21 heavy (non-hydrogen) atoms. The molecule has 0 heterocycles. The molecule has 0 aromatic heterocycles. The molecule has 0 radical (unpaired) electrons. The number of methoxy groups -OCH3 is 1. The van der Waals surface area contributed by atoms with Crippen LogP contribution in [0.2, 0.25) is 18.1 Å². The van der Waals surface area contributed by atoms with Gasteiger partial charge in [0, 0.05) is 18.4 Å². The van der Waals surface area contributed by atoms with Crippen molar-refractivity contribution in [1.29, 1.82) is 0 Å². The van der Waals surface area contributed by atoms with Gasteiger partial charge in [0.2, 0.25) is 0 Å². The quantitative estimate of drug-likeness (QED) is 0.313. The van der Waals surface area contributed by atoms with Crippen LogP contribution in [0.15, 0.2) is 24.3 Å². The molecule has 0 aliphatic rings. The Bertz CT molecular complexity index is 358. The summed E-state index contributed by atoms with van der Waals surface area (Å²) in [5.74, 6) is 0.277. The summed E-state index contributed by atoms with van der Waals surface area (Å²) in [4.78, 5) is 0. The summed E-state index contributed by atoms with van der Waals surface area (Å²) in [6.07, 6.45) is 4.03. The van der Waals surface area contributed by atoms with Gasteiger partial charge in [0.15, 0.2) is 8.32 Å². The van der Waals surface area contributed by atoms with E-state index in [1.165, 1.54) is 5.57 Å². The maximum atomic E-state index is 6.64. The van der Waals surface area contributed by atoms with Gasteiger partial charge in [-0.3, -0.25) is 0 Å². The molecule has 0 aliphatic heterocycles. The molecular formula is C17H33BrO2Si. The van der Waals surface area contributed by atoms with Gasteiger partial charge >= 0.3 is 0 Å². The van der Waals surface area contributed by atoms with Crippen molar-refractivity contribution in [3.8, 4) is 0 Å². The normalized spacial score (nSPS) is 18.2. The Labute approximate surface area is 141 Å². The van der Waals surface area contributed by atoms with Crippen LogP contribution >= 0.6 is 15.9 Å². The van der Waals surface area contributed by atoms with Crippen molar-refractivity contribution in [2.75, 3.05) is 12.4 Å². The van der Waals surface area contributed by atoms with E-state index in [4.69, 9.17) is 9.16 Å². The molecule has 0 N–H and O–H groups in total. The Kier molecular flexibility index (Phi) is 8.70. The van der Waals surface area contributed by atoms with Crippen molar-refractivity contribution in [3.63, 3.8) is 0 Å². The molecule has 2 nitrogen and oxygen atoms in total. The second-order valence-corrected chi connectivity index (χ2v) is 12.6. The second kappa shape index (κ2) is 8.66. The number of hydrogen-bond acceptors (Lipinski definition) is 2. The first-order valence-electron chi connectivity index (χ1n) is 7.56. The Morgan fingerprint density at radius 2 is 1.86 bits per heavy atom. The molecule has 0 fully saturated rings. The van der Waals surface area contributed by atoms with Crippen LogP contribution in [-0.4, -0.2) is 33.0 Å². The zero-order valence-corrected chi connectivity index (χ0v) is 17.6. The number of hydrogen-bond donors (Lipinski definition) is 0. The highest BCUT2D eigenvalue weighted by Gasteiger charge is 2.41. The van der Waals surface area contributed by atoms with E-state index >= 15 is 0 Å². The van der Waals surface area contributed by atoms with E-state index in [0.29, 0.717) is 0 Å². The van der Waals surface area contributed by atoms with Crippen LogP contribution in [0, 0.1) is 5.92 Å². The first kappa shape index (κ1) is 21.1. The summed E-state index contributed by atoms with van der Waals surface area (Å²) in [6.45, 7) is 19.6. The minimum absolute atomic E-state index is 0.00221. The van der Waals surface area contributed by atoms with Crippen LogP contribution < -0.4 is 0 Å². The summed E-state index contributed by atoms with van der Waals surface area (Å²) in [5.41, 5.74) is 1.31. The molecule has 124 valence electrons. The van der Waals surface area contributed by atoms with Gasteiger partial charge in [0.25, 0.3) is 0 Å². The van der Waals surface area contributed by atoms with Crippen molar-refractivity contribution in [3.05, 3.63) is 24.3 Å². The van der Waals surface area contributed by atoms with Crippen molar-refractivity contribution < 1.29 is 9.16 Å². The van der Waals surface area contributed by atoms with Gasteiger partial charge in [-0.15, -0.1) is 6.58 Å². The van der Waals surface area contributed by atoms with Gasteiger partial charge in [-0.1, -0.05) is 61.4 Å². The zero-order chi connectivity index (χ0) is 16.8. The highest BCUT2D eigenvalue weighted by atomic mass is 79.9. The zero-order valence-electron chi connectivity index (χ0n) is 15.0. The van der Waals surface area contributed by atoms with E-state index in [-0.39, 0.29) is 23.2 Å². The summed E-state index contributed by atoms with van der Waals surface area (Å²) in [7, 11) is -0.132. The lowest BCUT2D eigenvalue weighted by atomic mass is 9.97. The molecule has 4 heteroatoms. The molecule has 0 saturated carbocycles. The van der Waals surface area contributed by atoms with E-state index in [0.717, 1.165) is 5.33 Å². The molecule has 0 aromatic rings. The fourth-order valence-electron chi connectivity index (χ4n) is 1.94. The van der Waals surface area contributed by atoms with Crippen molar-refractivity contribution in [2.45, 2.75) is 65.0 Å². The monoisotopic (exact) mass is 376 g/mol. The van der Waals surface area contributed by atoms with E-state index < -0.39 is 8.32 Å². The number of halogens is 1. The highest BCUT2D eigenvalue weighted by Crippen LogP contribution is 2.39. The third-order valence-corrected chi connectivity index (χ3v) is 9.70. The third-order valence-electron chi connectivity index (χ3n) is 4.34. The van der Waals surface area contributed by atoms with Gasteiger partial charge in [0.05, 0.1) is 6.10 Å². The number of rotatable bonds is 8. The van der Waals surface area contributed by atoms with Crippen LogP contribution in [0.5, 0.6) is 0 Å². The first-order chi connectivity index (χ1) is 9.50. The Balaban J connectivity index is 5.39. The maximum Gasteiger partial charge on any atom is 0.192 e. The van der Waals surface area contributed by atoms with Gasteiger partial charge in [0.1, 0.15) is 6.10 Å². The fraction of sp³-hybridized carbons (Fsp3) is 0.765. The molecular weight excluding hydrogens is 344 g/mol. The summed E-state index contributed by atoms with van der Waals surface area (Å²) >= 11 is 3.50. The molecule has 0 amide bonds. The Morgan fingerprint density at radius 3 is 2.19 bits per heavy atom. The Morgan fingerprint density at radius 1 is 1.33 bits per heavy atom. The number of allylic oxidation sites excluding steroid dienone is 1. The van der Waals surface area contributed by atoms with Crippen LogP contribution in [0.3, 0.4) is 0 Å². The van der Waals surface area contributed by atoms with Gasteiger partial charge in [-0.25, -0.2) is 0 Å². The maximum absolute atomic E-state index is 6.64. The van der Waals surface area contributed by atoms with Crippen molar-refractivity contribution >= 4 is 24.2 Å². The number of alkyl halides is 1. The molecule has 3 atom stereocenters. The Hall–Kier alpha value is 0.0969. The fourth-order valence-corrected chi connectivity index (χ4v) is 3.51. The van der Waals surface area contributed by atoms with Gasteiger partial charge in [-0.05, 0) is 25.1 Å². The largest absolute Gasteiger partial charge is 0.410 e. The first-order valence-corrected chi connectivity index (χ1v) is 11.6. The minimum Gasteiger partial charge on any atom is -0.410 e. The third kappa shape index (κ3) is 6.39. The highest BCUT2D eigenvalue weighted by molar-refractivity contribution is 9.09. The average Bonchev–Trinajstić information content (AvgIpc) is 2.37. The molecule has 0 saturated heterocycles. The standard InChI is InChI=1S/C17H33BrO2Si/c1-10-15(19-7)16(14(3)11-13(2)12-18)20-21(8,9)17(4,5)6/h10-11,14-16H,1,12H2,2-9H3/b13-11+/t14-,15+,16+/m1/s1. The molecule has 0 aliphatic carbocycles. The average molecular weight is 377 g/mol. The predicted octanol–water partition coefficient (Wildman–Crippen LogP) is 5.56. The van der Waals surface area contributed by atoms with Crippen molar-refractivity contribution in [2.24, 2.45) is 5.92 Å². The molecule has 0 aromatic carbocycles. The topological polar surface area (TPSA) is 18.5 Å². The van der Waals surface area contributed by atoms with Crippen LogP contribution in [-0.2, 0) is 9.16 Å². The smallest absolute Gasteiger partial charge is 0.192 e. The van der Waals surface area contributed by atoms with Crippen molar-refractivity contribution in [1.82, 2.24) is 0 Å². The molecule has 0 bridgehead atoms. The summed E-state index contributed by atoms with van der Waals surface area (Å²) in [6, 6.07) is 0. The summed E-state index contributed by atoms with van der Waals surface area (Å²) < 4.78 is 12.2. The van der Waals surface area contributed by atoms with E-state index in [9.17, 15) is 0 Å². The van der Waals surface area contributed by atoms with Gasteiger partial charge < -0.3 is 9.16 Å². The van der Waals surface area contributed by atoms with Crippen LogP contribution in [0.1, 0.15) is 34.6 Å². The lowest BCUT2D eigenvalue weighted by Crippen LogP contribution is -2.49.